The lowest BCUT2D eigenvalue weighted by Crippen LogP contribution is -2.32. The van der Waals surface area contributed by atoms with Gasteiger partial charge < -0.3 is 9.80 Å². The molecule has 0 fully saturated rings. The van der Waals surface area contributed by atoms with Crippen molar-refractivity contribution in [3.05, 3.63) is 121 Å². The van der Waals surface area contributed by atoms with Crippen molar-refractivity contribution in [3.8, 4) is 0 Å². The van der Waals surface area contributed by atoms with Gasteiger partial charge in [-0.15, -0.1) is 0 Å². The predicted molar refractivity (Wildman–Crippen MR) is 115 cm³/mol. The number of hydrogen-bond donors (Lipinski definition) is 0. The van der Waals surface area contributed by atoms with Crippen LogP contribution < -0.4 is 9.80 Å². The molecule has 2 nitrogen and oxygen atoms in total. The molecule has 0 spiro atoms. The summed E-state index contributed by atoms with van der Waals surface area (Å²) >= 11 is 0. The van der Waals surface area contributed by atoms with Crippen molar-refractivity contribution in [1.29, 1.82) is 0 Å². The third-order valence-electron chi connectivity index (χ3n) is 4.55. The molecule has 0 unspecified atom stereocenters. The van der Waals surface area contributed by atoms with Crippen LogP contribution in [0.5, 0.6) is 0 Å². The molecule has 2 heteroatoms. The van der Waals surface area contributed by atoms with Crippen LogP contribution in [0.15, 0.2) is 121 Å². The van der Waals surface area contributed by atoms with Crippen molar-refractivity contribution in [1.82, 2.24) is 0 Å². The van der Waals surface area contributed by atoms with Crippen LogP contribution in [-0.2, 0) is 0 Å². The summed E-state index contributed by atoms with van der Waals surface area (Å²) in [5, 5.41) is 0. The highest BCUT2D eigenvalue weighted by Gasteiger charge is 2.16. The van der Waals surface area contributed by atoms with Gasteiger partial charge in [0, 0.05) is 22.7 Å². The Balaban J connectivity index is 1.77. The standard InChI is InChI=1S/C25H22N2/c1-5-13-22(14-6-1)26(23-15-7-2-8-16-23)21-27(24-17-9-3-10-18-24)25-19-11-4-12-20-25/h1-20H,21H2. The van der Waals surface area contributed by atoms with Crippen molar-refractivity contribution in [2.45, 2.75) is 0 Å². The van der Waals surface area contributed by atoms with E-state index in [1.54, 1.807) is 0 Å². The normalized spacial score (nSPS) is 10.4. The minimum absolute atomic E-state index is 0.710. The highest BCUT2D eigenvalue weighted by atomic mass is 15.3. The molecule has 4 aromatic carbocycles. The van der Waals surface area contributed by atoms with E-state index in [4.69, 9.17) is 0 Å². The van der Waals surface area contributed by atoms with Gasteiger partial charge >= 0.3 is 0 Å². The molecule has 0 aliphatic heterocycles. The smallest absolute Gasteiger partial charge is 0.0999 e. The maximum atomic E-state index is 2.33. The molecule has 0 heterocycles. The van der Waals surface area contributed by atoms with Crippen LogP contribution in [-0.4, -0.2) is 6.67 Å². The van der Waals surface area contributed by atoms with Gasteiger partial charge in [0.1, 0.15) is 0 Å². The first-order chi connectivity index (χ1) is 13.4. The second-order valence-corrected chi connectivity index (χ2v) is 6.34. The first-order valence-electron chi connectivity index (χ1n) is 9.17. The van der Waals surface area contributed by atoms with E-state index >= 15 is 0 Å². The van der Waals surface area contributed by atoms with Crippen molar-refractivity contribution in [2.24, 2.45) is 0 Å². The number of hydrogen-bond acceptors (Lipinski definition) is 2. The van der Waals surface area contributed by atoms with Crippen LogP contribution in [0.1, 0.15) is 0 Å². The fraction of sp³-hybridized carbons (Fsp3) is 0.0400. The molecule has 0 aliphatic rings. The minimum atomic E-state index is 0.710. The number of anilines is 4. The molecule has 0 N–H and O–H groups in total. The topological polar surface area (TPSA) is 6.48 Å². The maximum Gasteiger partial charge on any atom is 0.0999 e. The first-order valence-corrected chi connectivity index (χ1v) is 9.17. The molecule has 27 heavy (non-hydrogen) atoms. The quantitative estimate of drug-likeness (QED) is 0.361. The van der Waals surface area contributed by atoms with E-state index in [0.29, 0.717) is 6.67 Å². The van der Waals surface area contributed by atoms with Gasteiger partial charge in [-0.25, -0.2) is 0 Å². The van der Waals surface area contributed by atoms with Gasteiger partial charge in [0.15, 0.2) is 0 Å². The van der Waals surface area contributed by atoms with E-state index in [1.807, 2.05) is 0 Å². The Morgan fingerprint density at radius 1 is 0.333 bits per heavy atom. The van der Waals surface area contributed by atoms with E-state index in [9.17, 15) is 0 Å². The van der Waals surface area contributed by atoms with Crippen molar-refractivity contribution >= 4 is 22.7 Å². The zero-order valence-electron chi connectivity index (χ0n) is 15.1. The van der Waals surface area contributed by atoms with Crippen LogP contribution in [0.25, 0.3) is 0 Å². The van der Waals surface area contributed by atoms with Crippen LogP contribution in [0, 0.1) is 0 Å². The lowest BCUT2D eigenvalue weighted by Gasteiger charge is -2.33. The Kier molecular flexibility index (Phi) is 5.16. The van der Waals surface area contributed by atoms with Gasteiger partial charge in [-0.2, -0.15) is 0 Å². The molecule has 132 valence electrons. The third-order valence-corrected chi connectivity index (χ3v) is 4.55. The molecular formula is C25H22N2. The average molecular weight is 350 g/mol. The Hall–Kier alpha value is -3.52. The highest BCUT2D eigenvalue weighted by molar-refractivity contribution is 5.69. The highest BCUT2D eigenvalue weighted by Crippen LogP contribution is 2.30. The van der Waals surface area contributed by atoms with Gasteiger partial charge in [0.25, 0.3) is 0 Å². The largest absolute Gasteiger partial charge is 0.323 e. The van der Waals surface area contributed by atoms with E-state index in [2.05, 4.69) is 131 Å². The average Bonchev–Trinajstić information content (AvgIpc) is 2.77. The number of para-hydroxylation sites is 4. The molecule has 0 aromatic heterocycles. The Bertz CT molecular complexity index is 778. The summed E-state index contributed by atoms with van der Waals surface area (Å²) < 4.78 is 0. The first kappa shape index (κ1) is 16.9. The SMILES string of the molecule is c1ccc(N(CN(c2ccccc2)c2ccccc2)c2ccccc2)cc1. The summed E-state index contributed by atoms with van der Waals surface area (Å²) in [6.45, 7) is 0.710. The molecule has 0 aliphatic carbocycles. The second-order valence-electron chi connectivity index (χ2n) is 6.34. The molecule has 0 amide bonds. The Morgan fingerprint density at radius 3 is 0.778 bits per heavy atom. The molecule has 0 bridgehead atoms. The van der Waals surface area contributed by atoms with Gasteiger partial charge in [-0.05, 0) is 48.5 Å². The molecular weight excluding hydrogens is 328 g/mol. The third kappa shape index (κ3) is 4.01. The fourth-order valence-corrected chi connectivity index (χ4v) is 3.20. The predicted octanol–water partition coefficient (Wildman–Crippen LogP) is 6.62. The van der Waals surface area contributed by atoms with Crippen molar-refractivity contribution in [3.63, 3.8) is 0 Å². The second kappa shape index (κ2) is 8.24. The van der Waals surface area contributed by atoms with Crippen LogP contribution in [0.2, 0.25) is 0 Å². The summed E-state index contributed by atoms with van der Waals surface area (Å²) in [4.78, 5) is 4.67. The van der Waals surface area contributed by atoms with Gasteiger partial charge in [0.2, 0.25) is 0 Å². The van der Waals surface area contributed by atoms with Crippen LogP contribution in [0.4, 0.5) is 22.7 Å². The van der Waals surface area contributed by atoms with Gasteiger partial charge in [-0.1, -0.05) is 72.8 Å². The summed E-state index contributed by atoms with van der Waals surface area (Å²) in [5.74, 6) is 0. The van der Waals surface area contributed by atoms with Gasteiger partial charge in [0.05, 0.1) is 6.67 Å². The van der Waals surface area contributed by atoms with E-state index in [0.717, 1.165) is 0 Å². The van der Waals surface area contributed by atoms with E-state index in [1.165, 1.54) is 22.7 Å². The Labute approximate surface area is 160 Å². The number of benzene rings is 4. The van der Waals surface area contributed by atoms with E-state index < -0.39 is 0 Å². The summed E-state index contributed by atoms with van der Waals surface area (Å²) in [5.41, 5.74) is 4.67. The summed E-state index contributed by atoms with van der Waals surface area (Å²) in [7, 11) is 0. The number of nitrogens with zero attached hydrogens (tertiary/aromatic N) is 2. The monoisotopic (exact) mass is 350 g/mol. The maximum absolute atomic E-state index is 2.33. The fourth-order valence-electron chi connectivity index (χ4n) is 3.20. The molecule has 0 radical (unpaired) electrons. The zero-order chi connectivity index (χ0) is 18.3. The van der Waals surface area contributed by atoms with Crippen LogP contribution in [0.3, 0.4) is 0 Å². The Morgan fingerprint density at radius 2 is 0.556 bits per heavy atom. The molecule has 4 rings (SSSR count). The molecule has 0 saturated carbocycles. The lowest BCUT2D eigenvalue weighted by molar-refractivity contribution is 0.926. The van der Waals surface area contributed by atoms with Gasteiger partial charge in [-0.3, -0.25) is 0 Å². The summed E-state index contributed by atoms with van der Waals surface area (Å²) in [6.07, 6.45) is 0. The molecule has 0 atom stereocenters. The zero-order valence-corrected chi connectivity index (χ0v) is 15.1. The van der Waals surface area contributed by atoms with E-state index in [-0.39, 0.29) is 0 Å². The number of rotatable bonds is 6. The molecule has 4 aromatic rings. The van der Waals surface area contributed by atoms with Crippen molar-refractivity contribution < 1.29 is 0 Å². The van der Waals surface area contributed by atoms with Crippen LogP contribution >= 0.6 is 0 Å². The minimum Gasteiger partial charge on any atom is -0.323 e. The molecule has 0 saturated heterocycles. The summed E-state index contributed by atoms with van der Waals surface area (Å²) in [6, 6.07) is 42.1. The lowest BCUT2D eigenvalue weighted by atomic mass is 10.2. The van der Waals surface area contributed by atoms with Crippen molar-refractivity contribution in [2.75, 3.05) is 16.5 Å².